The van der Waals surface area contributed by atoms with Crippen LogP contribution < -0.4 is 10.2 Å². The minimum Gasteiger partial charge on any atom is -0.425 e. The van der Waals surface area contributed by atoms with Gasteiger partial charge in [0.2, 0.25) is 5.44 Å². The quantitative estimate of drug-likeness (QED) is 0.795. The summed E-state index contributed by atoms with van der Waals surface area (Å²) < 4.78 is 57.2. The maximum absolute atomic E-state index is 13.9. The fraction of sp³-hybridized carbons (Fsp3) is 0.467. The van der Waals surface area contributed by atoms with E-state index in [1.54, 1.807) is 20.8 Å². The van der Waals surface area contributed by atoms with Crippen LogP contribution in [0, 0.1) is 5.82 Å². The normalized spacial score (nSPS) is 18.4. The average Bonchev–Trinajstić information content (AvgIpc) is 2.77. The van der Waals surface area contributed by atoms with Crippen LogP contribution in [-0.2, 0) is 15.7 Å². The molecule has 1 fully saturated rings. The van der Waals surface area contributed by atoms with Crippen LogP contribution in [0.3, 0.4) is 0 Å². The Morgan fingerprint density at radius 3 is 2.52 bits per heavy atom. The number of amides is 2. The fourth-order valence-corrected chi connectivity index (χ4v) is 2.98. The van der Waals surface area contributed by atoms with Gasteiger partial charge in [-0.3, -0.25) is 9.69 Å². The molecule has 0 radical (unpaired) electrons. The van der Waals surface area contributed by atoms with Gasteiger partial charge in [0.1, 0.15) is 5.82 Å². The molecule has 1 aliphatic rings. The molecule has 0 saturated carbocycles. The highest BCUT2D eigenvalue weighted by molar-refractivity contribution is 8.01. The van der Waals surface area contributed by atoms with E-state index in [0.717, 1.165) is 16.7 Å². The van der Waals surface area contributed by atoms with Crippen LogP contribution in [0.5, 0.6) is 0 Å². The summed E-state index contributed by atoms with van der Waals surface area (Å²) in [5.41, 5.74) is -3.42. The van der Waals surface area contributed by atoms with E-state index in [2.05, 4.69) is 5.32 Å². The van der Waals surface area contributed by atoms with Crippen molar-refractivity contribution >= 4 is 29.4 Å². The van der Waals surface area contributed by atoms with Gasteiger partial charge in [0.05, 0.1) is 17.1 Å². The fourth-order valence-electron chi connectivity index (χ4n) is 2.01. The Morgan fingerprint density at radius 2 is 1.96 bits per heavy atom. The lowest BCUT2D eigenvalue weighted by Gasteiger charge is -2.21. The third kappa shape index (κ3) is 4.77. The lowest BCUT2D eigenvalue weighted by Crippen LogP contribution is -2.43. The van der Waals surface area contributed by atoms with Gasteiger partial charge in [-0.15, -0.1) is 0 Å². The lowest BCUT2D eigenvalue weighted by molar-refractivity contribution is -0.137. The van der Waals surface area contributed by atoms with E-state index >= 15 is 0 Å². The minimum atomic E-state index is -4.67. The summed E-state index contributed by atoms with van der Waals surface area (Å²) in [6.45, 7) is 5.13. The molecule has 0 aromatic heterocycles. The highest BCUT2D eigenvalue weighted by atomic mass is 32.2. The van der Waals surface area contributed by atoms with Crippen molar-refractivity contribution in [1.29, 1.82) is 0 Å². The number of nitrogens with zero attached hydrogens (tertiary/aromatic N) is 1. The van der Waals surface area contributed by atoms with Gasteiger partial charge < -0.3 is 10.1 Å². The summed E-state index contributed by atoms with van der Waals surface area (Å²) >= 11 is 0.875. The number of carbonyl (C=O) groups excluding carboxylic acids is 2. The molecule has 1 saturated heterocycles. The van der Waals surface area contributed by atoms with Crippen LogP contribution >= 0.6 is 11.8 Å². The summed E-state index contributed by atoms with van der Waals surface area (Å²) in [4.78, 5) is 24.8. The molecule has 0 spiro atoms. The van der Waals surface area contributed by atoms with Crippen molar-refractivity contribution in [2.75, 3.05) is 10.8 Å². The van der Waals surface area contributed by atoms with Gasteiger partial charge in [0.25, 0.3) is 5.91 Å². The zero-order chi connectivity index (χ0) is 19.0. The van der Waals surface area contributed by atoms with Gasteiger partial charge in [0, 0.05) is 5.54 Å². The number of ether oxygens (including phenoxy) is 1. The molecule has 1 aromatic carbocycles. The number of thioether (sulfide) groups is 1. The summed E-state index contributed by atoms with van der Waals surface area (Å²) in [6, 6.07) is 1.80. The van der Waals surface area contributed by atoms with E-state index < -0.39 is 46.2 Å². The van der Waals surface area contributed by atoms with Gasteiger partial charge in [-0.2, -0.15) is 13.2 Å². The number of halogens is 4. The second kappa shape index (κ2) is 6.74. The summed E-state index contributed by atoms with van der Waals surface area (Å²) in [6.07, 6.45) is -5.51. The molecule has 1 unspecified atom stereocenters. The van der Waals surface area contributed by atoms with Crippen LogP contribution in [0.4, 0.5) is 28.0 Å². The molecule has 1 N–H and O–H groups in total. The van der Waals surface area contributed by atoms with Gasteiger partial charge in [-0.05, 0) is 39.0 Å². The van der Waals surface area contributed by atoms with Crippen LogP contribution in [0.25, 0.3) is 0 Å². The summed E-state index contributed by atoms with van der Waals surface area (Å²) in [5, 5.41) is 2.49. The maximum Gasteiger partial charge on any atom is 0.416 e. The monoisotopic (exact) mass is 380 g/mol. The van der Waals surface area contributed by atoms with Gasteiger partial charge >= 0.3 is 12.3 Å². The van der Waals surface area contributed by atoms with Crippen molar-refractivity contribution in [2.24, 2.45) is 0 Å². The van der Waals surface area contributed by atoms with Crippen LogP contribution in [0.15, 0.2) is 18.2 Å². The van der Waals surface area contributed by atoms with E-state index in [1.165, 1.54) is 0 Å². The molecule has 25 heavy (non-hydrogen) atoms. The Labute approximate surface area is 145 Å². The SMILES string of the molecule is CC(C)(C)NC(=O)OC1SCN(c2cc(C(F)(F)F)ccc2F)C1=O. The molecule has 0 aliphatic carbocycles. The lowest BCUT2D eigenvalue weighted by atomic mass is 10.1. The van der Waals surface area contributed by atoms with Gasteiger partial charge in [-0.1, -0.05) is 11.8 Å². The highest BCUT2D eigenvalue weighted by Crippen LogP contribution is 2.36. The number of alkyl carbamates (subject to hydrolysis) is 1. The van der Waals surface area contributed by atoms with E-state index in [1.807, 2.05) is 0 Å². The number of hydrogen-bond acceptors (Lipinski definition) is 4. The van der Waals surface area contributed by atoms with E-state index in [4.69, 9.17) is 4.74 Å². The van der Waals surface area contributed by atoms with Crippen LogP contribution in [0.1, 0.15) is 26.3 Å². The number of nitrogens with one attached hydrogen (secondary N) is 1. The molecule has 1 atom stereocenters. The summed E-state index contributed by atoms with van der Waals surface area (Å²) in [5.74, 6) is -1.90. The Bertz CT molecular complexity index is 688. The zero-order valence-corrected chi connectivity index (χ0v) is 14.4. The highest BCUT2D eigenvalue weighted by Gasteiger charge is 2.39. The number of alkyl halides is 3. The molecule has 5 nitrogen and oxygen atoms in total. The second-order valence-corrected chi connectivity index (χ2v) is 7.36. The first-order valence-electron chi connectivity index (χ1n) is 7.17. The van der Waals surface area contributed by atoms with Crippen molar-refractivity contribution < 1.29 is 31.9 Å². The number of rotatable bonds is 2. The molecule has 138 valence electrons. The Morgan fingerprint density at radius 1 is 1.32 bits per heavy atom. The molecular formula is C15H16F4N2O3S. The standard InChI is InChI=1S/C15H16F4N2O3S/c1-14(2,3)20-13(23)24-12-11(22)21(7-25-12)10-6-8(15(17,18)19)4-5-9(10)16/h4-6,12H,7H2,1-3H3,(H,20,23). The topological polar surface area (TPSA) is 58.6 Å². The summed E-state index contributed by atoms with van der Waals surface area (Å²) in [7, 11) is 0. The van der Waals surface area contributed by atoms with E-state index in [-0.39, 0.29) is 5.88 Å². The van der Waals surface area contributed by atoms with Crippen molar-refractivity contribution in [3.8, 4) is 0 Å². The van der Waals surface area contributed by atoms with E-state index in [9.17, 15) is 27.2 Å². The molecule has 10 heteroatoms. The molecule has 0 bridgehead atoms. The first kappa shape index (κ1) is 19.4. The first-order chi connectivity index (χ1) is 11.4. The van der Waals surface area contributed by atoms with Crippen LogP contribution in [-0.4, -0.2) is 28.9 Å². The average molecular weight is 380 g/mol. The Hall–Kier alpha value is -1.97. The maximum atomic E-state index is 13.9. The van der Waals surface area contributed by atoms with Crippen molar-refractivity contribution in [3.05, 3.63) is 29.6 Å². The predicted molar refractivity (Wildman–Crippen MR) is 84.5 cm³/mol. The van der Waals surface area contributed by atoms with Gasteiger partial charge in [0.15, 0.2) is 0 Å². The molecule has 1 heterocycles. The predicted octanol–water partition coefficient (Wildman–Crippen LogP) is 3.73. The number of benzene rings is 1. The Kier molecular flexibility index (Phi) is 5.22. The molecular weight excluding hydrogens is 364 g/mol. The number of carbonyl (C=O) groups is 2. The molecule has 2 amide bonds. The van der Waals surface area contributed by atoms with Crippen molar-refractivity contribution in [3.63, 3.8) is 0 Å². The zero-order valence-electron chi connectivity index (χ0n) is 13.6. The number of anilines is 1. The first-order valence-corrected chi connectivity index (χ1v) is 8.22. The van der Waals surface area contributed by atoms with E-state index in [0.29, 0.717) is 18.2 Å². The smallest absolute Gasteiger partial charge is 0.416 e. The molecule has 2 rings (SSSR count). The van der Waals surface area contributed by atoms with Crippen molar-refractivity contribution in [2.45, 2.75) is 37.9 Å². The van der Waals surface area contributed by atoms with Crippen LogP contribution in [0.2, 0.25) is 0 Å². The largest absolute Gasteiger partial charge is 0.425 e. The third-order valence-corrected chi connectivity index (χ3v) is 4.09. The molecule has 1 aliphatic heterocycles. The second-order valence-electron chi connectivity index (χ2n) is 6.34. The van der Waals surface area contributed by atoms with Gasteiger partial charge in [-0.25, -0.2) is 9.18 Å². The van der Waals surface area contributed by atoms with Crippen molar-refractivity contribution in [1.82, 2.24) is 5.32 Å². The number of hydrogen-bond donors (Lipinski definition) is 1. The third-order valence-electron chi connectivity index (χ3n) is 3.08. The Balaban J connectivity index is 2.16. The minimum absolute atomic E-state index is 0.134. The molecule has 1 aromatic rings.